The molecule has 7 heteroatoms. The number of rotatable bonds is 6. The number of carbonyl (C=O) groups excluding carboxylic acids is 1. The number of thioether (sulfide) groups is 1. The molecule has 1 amide bonds. The van der Waals surface area contributed by atoms with Crippen LogP contribution in [0.1, 0.15) is 0 Å². The van der Waals surface area contributed by atoms with E-state index in [1.807, 2.05) is 72.8 Å². The highest BCUT2D eigenvalue weighted by molar-refractivity contribution is 8.00. The number of benzene rings is 3. The van der Waals surface area contributed by atoms with Crippen molar-refractivity contribution in [2.24, 2.45) is 0 Å². The molecule has 0 fully saturated rings. The number of hydrogen-bond donors (Lipinski definition) is 1. The fraction of sp³-hybridized carbons (Fsp3) is 0.0476. The van der Waals surface area contributed by atoms with E-state index in [-0.39, 0.29) is 11.7 Å². The molecule has 1 aromatic heterocycles. The summed E-state index contributed by atoms with van der Waals surface area (Å²) in [6.45, 7) is 0. The number of halogens is 1. The van der Waals surface area contributed by atoms with Crippen LogP contribution in [0, 0.1) is 0 Å². The topological polar surface area (TPSA) is 55.1 Å². The summed E-state index contributed by atoms with van der Waals surface area (Å²) in [6.07, 6.45) is 0. The van der Waals surface area contributed by atoms with Gasteiger partial charge in [-0.2, -0.15) is 0 Å². The highest BCUT2D eigenvalue weighted by Crippen LogP contribution is 2.34. The van der Waals surface area contributed by atoms with Gasteiger partial charge in [-0.1, -0.05) is 59.4 Å². The van der Waals surface area contributed by atoms with E-state index in [1.165, 1.54) is 11.8 Å². The molecule has 4 rings (SSSR count). The minimum atomic E-state index is -0.114. The first-order valence-electron chi connectivity index (χ1n) is 8.48. The molecule has 4 nitrogen and oxygen atoms in total. The Bertz CT molecular complexity index is 1080. The minimum Gasteiger partial charge on any atom is -0.431 e. The lowest BCUT2D eigenvalue weighted by Gasteiger charge is -2.10. The molecule has 0 aliphatic heterocycles. The average Bonchev–Trinajstić information content (AvgIpc) is 3.13. The highest BCUT2D eigenvalue weighted by atomic mass is 35.5. The van der Waals surface area contributed by atoms with Crippen LogP contribution >= 0.6 is 35.1 Å². The standard InChI is InChI=1S/C21H15ClN2O2S2/c22-14-9-11-15(12-10-14)28-19-8-4-2-6-17(19)23-20(25)13-27-21-24-16-5-1-3-7-18(16)26-21/h1-12H,13H2,(H,23,25). The number of oxazole rings is 1. The largest absolute Gasteiger partial charge is 0.431 e. The third-order valence-electron chi connectivity index (χ3n) is 3.80. The van der Waals surface area contributed by atoms with Gasteiger partial charge in [0.2, 0.25) is 5.91 Å². The van der Waals surface area contributed by atoms with Gasteiger partial charge in [-0.25, -0.2) is 4.98 Å². The van der Waals surface area contributed by atoms with Crippen LogP contribution in [-0.4, -0.2) is 16.6 Å². The van der Waals surface area contributed by atoms with E-state index in [9.17, 15) is 4.79 Å². The molecule has 28 heavy (non-hydrogen) atoms. The van der Waals surface area contributed by atoms with Crippen molar-refractivity contribution in [1.29, 1.82) is 0 Å². The van der Waals surface area contributed by atoms with Crippen LogP contribution in [0.25, 0.3) is 11.1 Å². The number of anilines is 1. The second-order valence-corrected chi connectivity index (χ2v) is 8.31. The Morgan fingerprint density at radius 3 is 2.57 bits per heavy atom. The first kappa shape index (κ1) is 18.9. The fourth-order valence-corrected chi connectivity index (χ4v) is 4.18. The summed E-state index contributed by atoms with van der Waals surface area (Å²) in [5.41, 5.74) is 2.27. The lowest BCUT2D eigenvalue weighted by molar-refractivity contribution is -0.113. The minimum absolute atomic E-state index is 0.114. The Labute approximate surface area is 175 Å². The Balaban J connectivity index is 1.40. The number of fused-ring (bicyclic) bond motifs is 1. The van der Waals surface area contributed by atoms with Gasteiger partial charge in [0.25, 0.3) is 5.22 Å². The molecular formula is C21H15ClN2O2S2. The average molecular weight is 427 g/mol. The van der Waals surface area contributed by atoms with Gasteiger partial charge in [0.1, 0.15) is 5.52 Å². The Hall–Kier alpha value is -2.41. The van der Waals surface area contributed by atoms with E-state index in [2.05, 4.69) is 10.3 Å². The molecule has 0 bridgehead atoms. The summed E-state index contributed by atoms with van der Waals surface area (Å²) < 4.78 is 5.64. The van der Waals surface area contributed by atoms with Crippen LogP contribution in [0.15, 0.2) is 92.2 Å². The van der Waals surface area contributed by atoms with Crippen molar-refractivity contribution in [2.45, 2.75) is 15.0 Å². The van der Waals surface area contributed by atoms with Crippen LogP contribution in [0.3, 0.4) is 0 Å². The zero-order valence-corrected chi connectivity index (χ0v) is 17.0. The normalized spacial score (nSPS) is 10.9. The van der Waals surface area contributed by atoms with E-state index >= 15 is 0 Å². The van der Waals surface area contributed by atoms with Gasteiger partial charge in [-0.15, -0.1) is 0 Å². The van der Waals surface area contributed by atoms with Crippen molar-refractivity contribution in [3.05, 3.63) is 77.8 Å². The van der Waals surface area contributed by atoms with Crippen molar-refractivity contribution in [1.82, 2.24) is 4.98 Å². The molecule has 0 spiro atoms. The molecule has 4 aromatic rings. The highest BCUT2D eigenvalue weighted by Gasteiger charge is 2.11. The molecule has 0 unspecified atom stereocenters. The second-order valence-electron chi connectivity index (χ2n) is 5.84. The van der Waals surface area contributed by atoms with Crippen LogP contribution < -0.4 is 5.32 Å². The number of nitrogens with one attached hydrogen (secondary N) is 1. The van der Waals surface area contributed by atoms with Gasteiger partial charge in [-0.05, 0) is 48.5 Å². The smallest absolute Gasteiger partial charge is 0.257 e. The third kappa shape index (κ3) is 4.70. The maximum atomic E-state index is 12.4. The summed E-state index contributed by atoms with van der Waals surface area (Å²) >= 11 is 8.79. The van der Waals surface area contributed by atoms with E-state index in [4.69, 9.17) is 16.0 Å². The Morgan fingerprint density at radius 1 is 1.00 bits per heavy atom. The number of para-hydroxylation sites is 3. The quantitative estimate of drug-likeness (QED) is 0.363. The maximum absolute atomic E-state index is 12.4. The van der Waals surface area contributed by atoms with Gasteiger partial charge < -0.3 is 9.73 Å². The zero-order chi connectivity index (χ0) is 19.3. The predicted molar refractivity (Wildman–Crippen MR) is 115 cm³/mol. The summed E-state index contributed by atoms with van der Waals surface area (Å²) in [7, 11) is 0. The molecule has 0 aliphatic carbocycles. The van der Waals surface area contributed by atoms with Gasteiger partial charge in [0.15, 0.2) is 5.58 Å². The van der Waals surface area contributed by atoms with Crippen LogP contribution in [-0.2, 0) is 4.79 Å². The lowest BCUT2D eigenvalue weighted by Crippen LogP contribution is -2.14. The number of amides is 1. The van der Waals surface area contributed by atoms with Gasteiger partial charge in [0, 0.05) is 14.8 Å². The molecule has 0 saturated heterocycles. The third-order valence-corrected chi connectivity index (χ3v) is 5.97. The second kappa shape index (κ2) is 8.73. The molecule has 1 heterocycles. The van der Waals surface area contributed by atoms with Crippen molar-refractivity contribution >= 4 is 57.8 Å². The number of carbonyl (C=O) groups is 1. The van der Waals surface area contributed by atoms with Crippen molar-refractivity contribution < 1.29 is 9.21 Å². The molecule has 140 valence electrons. The van der Waals surface area contributed by atoms with Crippen molar-refractivity contribution in [2.75, 3.05) is 11.1 Å². The number of nitrogens with zero attached hydrogens (tertiary/aromatic N) is 1. The molecule has 0 radical (unpaired) electrons. The molecule has 0 atom stereocenters. The molecule has 1 N–H and O–H groups in total. The molecule has 3 aromatic carbocycles. The van der Waals surface area contributed by atoms with Crippen molar-refractivity contribution in [3.63, 3.8) is 0 Å². The SMILES string of the molecule is O=C(CSc1nc2ccccc2o1)Nc1ccccc1Sc1ccc(Cl)cc1. The first-order valence-corrected chi connectivity index (χ1v) is 10.7. The van der Waals surface area contributed by atoms with Crippen molar-refractivity contribution in [3.8, 4) is 0 Å². The van der Waals surface area contributed by atoms with E-state index in [0.29, 0.717) is 10.2 Å². The van der Waals surface area contributed by atoms with E-state index in [0.717, 1.165) is 26.6 Å². The predicted octanol–water partition coefficient (Wildman–Crippen LogP) is 6.36. The van der Waals surface area contributed by atoms with Crippen LogP contribution in [0.2, 0.25) is 5.02 Å². The van der Waals surface area contributed by atoms with Crippen LogP contribution in [0.4, 0.5) is 5.69 Å². The summed E-state index contributed by atoms with van der Waals surface area (Å²) in [5.74, 6) is 0.101. The zero-order valence-electron chi connectivity index (χ0n) is 14.6. The van der Waals surface area contributed by atoms with Crippen LogP contribution in [0.5, 0.6) is 0 Å². The Kier molecular flexibility index (Phi) is 5.90. The maximum Gasteiger partial charge on any atom is 0.257 e. The molecule has 0 saturated carbocycles. The Morgan fingerprint density at radius 2 is 1.75 bits per heavy atom. The lowest BCUT2D eigenvalue weighted by atomic mass is 10.3. The monoisotopic (exact) mass is 426 g/mol. The number of hydrogen-bond acceptors (Lipinski definition) is 5. The van der Waals surface area contributed by atoms with E-state index in [1.54, 1.807) is 11.8 Å². The summed E-state index contributed by atoms with van der Waals surface area (Å²) in [6, 6.07) is 22.8. The fourth-order valence-electron chi connectivity index (χ4n) is 2.51. The van der Waals surface area contributed by atoms with E-state index < -0.39 is 0 Å². The van der Waals surface area contributed by atoms with Gasteiger partial charge in [-0.3, -0.25) is 4.79 Å². The molecular weight excluding hydrogens is 412 g/mol. The van der Waals surface area contributed by atoms with Gasteiger partial charge in [0.05, 0.1) is 11.4 Å². The first-order chi connectivity index (χ1) is 13.7. The van der Waals surface area contributed by atoms with Gasteiger partial charge >= 0.3 is 0 Å². The molecule has 0 aliphatic rings. The summed E-state index contributed by atoms with van der Waals surface area (Å²) in [4.78, 5) is 18.8. The summed E-state index contributed by atoms with van der Waals surface area (Å²) in [5, 5.41) is 4.15. The number of aromatic nitrogens is 1.